The van der Waals surface area contributed by atoms with Gasteiger partial charge in [0.2, 0.25) is 0 Å². The lowest BCUT2D eigenvalue weighted by atomic mass is 10.0. The SMILES string of the molecule is O=C([O-])CCCCCc1nccc2ccccc12. The molecule has 1 heterocycles. The Hall–Kier alpha value is -1.90. The number of hydrogen-bond acceptors (Lipinski definition) is 3. The van der Waals surface area contributed by atoms with Gasteiger partial charge >= 0.3 is 0 Å². The van der Waals surface area contributed by atoms with Gasteiger partial charge in [-0.25, -0.2) is 0 Å². The first kappa shape index (κ1) is 12.6. The van der Waals surface area contributed by atoms with Crippen LogP contribution in [-0.2, 0) is 11.2 Å². The lowest BCUT2D eigenvalue weighted by molar-refractivity contribution is -0.305. The molecule has 3 heteroatoms. The van der Waals surface area contributed by atoms with Gasteiger partial charge in [-0.3, -0.25) is 4.98 Å². The first-order valence-corrected chi connectivity index (χ1v) is 6.30. The molecule has 1 aromatic heterocycles. The highest BCUT2D eigenvalue weighted by Gasteiger charge is 2.01. The van der Waals surface area contributed by atoms with E-state index in [0.717, 1.165) is 25.0 Å². The summed E-state index contributed by atoms with van der Waals surface area (Å²) < 4.78 is 0. The molecule has 18 heavy (non-hydrogen) atoms. The fourth-order valence-electron chi connectivity index (χ4n) is 2.12. The number of fused-ring (bicyclic) bond motifs is 1. The number of benzene rings is 1. The third-order valence-electron chi connectivity index (χ3n) is 3.05. The second kappa shape index (κ2) is 6.15. The van der Waals surface area contributed by atoms with Crippen LogP contribution in [-0.4, -0.2) is 11.0 Å². The second-order valence-electron chi connectivity index (χ2n) is 4.41. The predicted octanol–water partition coefficient (Wildman–Crippen LogP) is 2.09. The maximum absolute atomic E-state index is 10.3. The van der Waals surface area contributed by atoms with E-state index in [4.69, 9.17) is 0 Å². The number of rotatable bonds is 6. The highest BCUT2D eigenvalue weighted by Crippen LogP contribution is 2.18. The van der Waals surface area contributed by atoms with Crippen LogP contribution in [0.3, 0.4) is 0 Å². The molecule has 0 saturated carbocycles. The van der Waals surface area contributed by atoms with Gasteiger partial charge in [-0.05, 0) is 37.1 Å². The number of carboxylic acids is 1. The zero-order chi connectivity index (χ0) is 12.8. The summed E-state index contributed by atoms with van der Waals surface area (Å²) >= 11 is 0. The zero-order valence-electron chi connectivity index (χ0n) is 10.3. The molecule has 0 aliphatic heterocycles. The van der Waals surface area contributed by atoms with Gasteiger partial charge in [0.15, 0.2) is 0 Å². The Morgan fingerprint density at radius 2 is 1.94 bits per heavy atom. The standard InChI is InChI=1S/C15H17NO2/c17-15(18)9-3-1-2-8-14-13-7-5-4-6-12(13)10-11-16-14/h4-7,10-11H,1-3,8-9H2,(H,17,18)/p-1. The zero-order valence-corrected chi connectivity index (χ0v) is 10.3. The van der Waals surface area contributed by atoms with E-state index in [-0.39, 0.29) is 6.42 Å². The van der Waals surface area contributed by atoms with Crippen LogP contribution in [0.4, 0.5) is 0 Å². The van der Waals surface area contributed by atoms with E-state index >= 15 is 0 Å². The lowest BCUT2D eigenvalue weighted by Gasteiger charge is -2.05. The molecule has 0 radical (unpaired) electrons. The minimum absolute atomic E-state index is 0.156. The fourth-order valence-corrected chi connectivity index (χ4v) is 2.12. The molecular weight excluding hydrogens is 226 g/mol. The highest BCUT2D eigenvalue weighted by molar-refractivity contribution is 5.84. The summed E-state index contributed by atoms with van der Waals surface area (Å²) in [5.41, 5.74) is 1.10. The number of unbranched alkanes of at least 4 members (excludes halogenated alkanes) is 2. The Balaban J connectivity index is 1.93. The van der Waals surface area contributed by atoms with Crippen LogP contribution in [0, 0.1) is 0 Å². The Morgan fingerprint density at radius 3 is 2.78 bits per heavy atom. The summed E-state index contributed by atoms with van der Waals surface area (Å²) in [5, 5.41) is 12.7. The number of carboxylic acid groups (broad SMARTS) is 1. The molecule has 0 saturated heterocycles. The van der Waals surface area contributed by atoms with E-state index in [9.17, 15) is 9.90 Å². The molecule has 0 atom stereocenters. The lowest BCUT2D eigenvalue weighted by Crippen LogP contribution is -2.21. The number of aryl methyl sites for hydroxylation is 1. The first-order chi connectivity index (χ1) is 8.77. The normalized spacial score (nSPS) is 10.7. The van der Waals surface area contributed by atoms with Crippen LogP contribution in [0.15, 0.2) is 36.5 Å². The van der Waals surface area contributed by atoms with Crippen molar-refractivity contribution >= 4 is 16.7 Å². The Kier molecular flexibility index (Phi) is 4.29. The smallest absolute Gasteiger partial charge is 0.0481 e. The van der Waals surface area contributed by atoms with Crippen molar-refractivity contribution in [3.63, 3.8) is 0 Å². The monoisotopic (exact) mass is 242 g/mol. The molecule has 0 fully saturated rings. The van der Waals surface area contributed by atoms with Gasteiger partial charge in [0, 0.05) is 23.2 Å². The molecular formula is C15H16NO2-. The summed E-state index contributed by atoms with van der Waals surface area (Å²) in [4.78, 5) is 14.7. The van der Waals surface area contributed by atoms with Crippen molar-refractivity contribution in [3.8, 4) is 0 Å². The largest absolute Gasteiger partial charge is 0.550 e. The molecule has 0 bridgehead atoms. The molecule has 0 unspecified atom stereocenters. The summed E-state index contributed by atoms with van der Waals surface area (Å²) in [7, 11) is 0. The van der Waals surface area contributed by atoms with Crippen LogP contribution in [0.5, 0.6) is 0 Å². The molecule has 2 rings (SSSR count). The van der Waals surface area contributed by atoms with Gasteiger partial charge < -0.3 is 9.90 Å². The van der Waals surface area contributed by atoms with Crippen LogP contribution in [0.2, 0.25) is 0 Å². The summed E-state index contributed by atoms with van der Waals surface area (Å²) in [6.45, 7) is 0. The van der Waals surface area contributed by atoms with Crippen molar-refractivity contribution in [2.75, 3.05) is 0 Å². The number of nitrogens with zero attached hydrogens (tertiary/aromatic N) is 1. The van der Waals surface area contributed by atoms with Gasteiger partial charge in [0.05, 0.1) is 0 Å². The number of carbonyl (C=O) groups is 1. The maximum atomic E-state index is 10.3. The molecule has 0 spiro atoms. The quantitative estimate of drug-likeness (QED) is 0.729. The minimum Gasteiger partial charge on any atom is -0.550 e. The summed E-state index contributed by atoms with van der Waals surface area (Å²) in [6.07, 6.45) is 5.44. The average molecular weight is 242 g/mol. The Bertz CT molecular complexity index is 532. The molecule has 0 aliphatic carbocycles. The van der Waals surface area contributed by atoms with E-state index in [1.165, 1.54) is 10.8 Å². The van der Waals surface area contributed by atoms with Gasteiger partial charge in [0.25, 0.3) is 0 Å². The van der Waals surface area contributed by atoms with Gasteiger partial charge in [0.1, 0.15) is 0 Å². The third-order valence-corrected chi connectivity index (χ3v) is 3.05. The van der Waals surface area contributed by atoms with E-state index < -0.39 is 5.97 Å². The van der Waals surface area contributed by atoms with Crippen molar-refractivity contribution in [2.45, 2.75) is 32.1 Å². The maximum Gasteiger partial charge on any atom is 0.0481 e. The van der Waals surface area contributed by atoms with E-state index in [1.807, 2.05) is 24.4 Å². The topological polar surface area (TPSA) is 53.0 Å². The van der Waals surface area contributed by atoms with Crippen LogP contribution >= 0.6 is 0 Å². The number of aromatic nitrogens is 1. The van der Waals surface area contributed by atoms with Gasteiger partial charge in [-0.2, -0.15) is 0 Å². The predicted molar refractivity (Wildman–Crippen MR) is 68.9 cm³/mol. The fraction of sp³-hybridized carbons (Fsp3) is 0.333. The average Bonchev–Trinajstić information content (AvgIpc) is 2.38. The molecule has 3 nitrogen and oxygen atoms in total. The van der Waals surface area contributed by atoms with Crippen molar-refractivity contribution in [2.24, 2.45) is 0 Å². The Labute approximate surface area is 106 Å². The number of aliphatic carboxylic acids is 1. The first-order valence-electron chi connectivity index (χ1n) is 6.30. The molecule has 94 valence electrons. The molecule has 0 N–H and O–H groups in total. The van der Waals surface area contributed by atoms with Crippen molar-refractivity contribution in [1.82, 2.24) is 4.98 Å². The number of carbonyl (C=O) groups excluding carboxylic acids is 1. The molecule has 0 amide bonds. The van der Waals surface area contributed by atoms with E-state index in [1.54, 1.807) is 0 Å². The summed E-state index contributed by atoms with van der Waals surface area (Å²) in [6, 6.07) is 10.2. The van der Waals surface area contributed by atoms with Gasteiger partial charge in [-0.15, -0.1) is 0 Å². The van der Waals surface area contributed by atoms with E-state index in [0.29, 0.717) is 6.42 Å². The number of hydrogen-bond donors (Lipinski definition) is 0. The minimum atomic E-state index is -0.960. The van der Waals surface area contributed by atoms with Crippen molar-refractivity contribution in [3.05, 3.63) is 42.2 Å². The van der Waals surface area contributed by atoms with Crippen molar-refractivity contribution in [1.29, 1.82) is 0 Å². The Morgan fingerprint density at radius 1 is 1.11 bits per heavy atom. The third kappa shape index (κ3) is 3.29. The van der Waals surface area contributed by atoms with Gasteiger partial charge in [-0.1, -0.05) is 30.7 Å². The van der Waals surface area contributed by atoms with E-state index in [2.05, 4.69) is 17.1 Å². The molecule has 2 aromatic rings. The van der Waals surface area contributed by atoms with Crippen molar-refractivity contribution < 1.29 is 9.90 Å². The highest BCUT2D eigenvalue weighted by atomic mass is 16.4. The van der Waals surface area contributed by atoms with Crippen LogP contribution in [0.25, 0.3) is 10.8 Å². The van der Waals surface area contributed by atoms with Crippen LogP contribution in [0.1, 0.15) is 31.4 Å². The van der Waals surface area contributed by atoms with Crippen LogP contribution < -0.4 is 5.11 Å². The second-order valence-corrected chi connectivity index (χ2v) is 4.41. The molecule has 0 aliphatic rings. The number of pyridine rings is 1. The molecule has 1 aromatic carbocycles. The summed E-state index contributed by atoms with van der Waals surface area (Å²) in [5.74, 6) is -0.960.